The van der Waals surface area contributed by atoms with Crippen LogP contribution in [0.1, 0.15) is 112 Å². The van der Waals surface area contributed by atoms with Crippen LogP contribution >= 0.6 is 0 Å². The molecule has 5 rings (SSSR count). The Morgan fingerprint density at radius 1 is 0.973 bits per heavy atom. The number of benzene rings is 1. The van der Waals surface area contributed by atoms with E-state index in [1.807, 2.05) is 30.3 Å². The van der Waals surface area contributed by atoms with Crippen molar-refractivity contribution < 1.29 is 9.53 Å². The smallest absolute Gasteiger partial charge is 0.311 e. The normalized spacial score (nSPS) is 37.8. The van der Waals surface area contributed by atoms with Gasteiger partial charge in [0.25, 0.3) is 0 Å². The van der Waals surface area contributed by atoms with Crippen LogP contribution in [0.4, 0.5) is 0 Å². The van der Waals surface area contributed by atoms with Gasteiger partial charge in [-0.05, 0) is 116 Å². The first-order valence-electron chi connectivity index (χ1n) is 15.7. The fraction of sp³-hybridized carbons (Fsp3) is 0.743. The summed E-state index contributed by atoms with van der Waals surface area (Å²) >= 11 is 0. The summed E-state index contributed by atoms with van der Waals surface area (Å²) in [6.45, 7) is 12.6. The highest BCUT2D eigenvalue weighted by Crippen LogP contribution is 2.67. The SMILES string of the molecule is CC(C)CCC[C@@H](C)[C@H]1CCC2C3CC=C4CC(CC(=O)Oc5ccccc5)CC[C@]4(C)C3CC[C@@]21C. The molecule has 0 aromatic heterocycles. The highest BCUT2D eigenvalue weighted by Gasteiger charge is 2.59. The Hall–Kier alpha value is -1.57. The maximum atomic E-state index is 12.7. The van der Waals surface area contributed by atoms with Crippen LogP contribution in [0.3, 0.4) is 0 Å². The summed E-state index contributed by atoms with van der Waals surface area (Å²) in [5, 5.41) is 0. The molecule has 0 saturated heterocycles. The number of esters is 1. The molecule has 0 aliphatic heterocycles. The maximum Gasteiger partial charge on any atom is 0.311 e. The number of allylic oxidation sites excluding steroid dienone is 2. The topological polar surface area (TPSA) is 26.3 Å². The molecule has 0 spiro atoms. The van der Waals surface area contributed by atoms with Crippen LogP contribution in [0.5, 0.6) is 5.75 Å². The first-order valence-corrected chi connectivity index (χ1v) is 15.7. The van der Waals surface area contributed by atoms with Crippen molar-refractivity contribution in [3.05, 3.63) is 42.0 Å². The molecule has 2 nitrogen and oxygen atoms in total. The zero-order valence-corrected chi connectivity index (χ0v) is 24.3. The van der Waals surface area contributed by atoms with Crippen LogP contribution in [0.15, 0.2) is 42.0 Å². The minimum absolute atomic E-state index is 0.0676. The van der Waals surface area contributed by atoms with E-state index < -0.39 is 0 Å². The Labute approximate surface area is 227 Å². The van der Waals surface area contributed by atoms with Crippen molar-refractivity contribution in [1.82, 2.24) is 0 Å². The van der Waals surface area contributed by atoms with E-state index in [1.165, 1.54) is 64.2 Å². The summed E-state index contributed by atoms with van der Waals surface area (Å²) < 4.78 is 5.63. The Bertz CT molecular complexity index is 963. The van der Waals surface area contributed by atoms with Crippen molar-refractivity contribution in [2.45, 2.75) is 112 Å². The molecule has 2 heteroatoms. The molecule has 37 heavy (non-hydrogen) atoms. The lowest BCUT2D eigenvalue weighted by Crippen LogP contribution is -2.50. The molecule has 1 aromatic rings. The van der Waals surface area contributed by atoms with E-state index in [4.69, 9.17) is 4.74 Å². The van der Waals surface area contributed by atoms with Crippen LogP contribution in [-0.4, -0.2) is 5.97 Å². The van der Waals surface area contributed by atoms with Crippen molar-refractivity contribution in [3.8, 4) is 5.75 Å². The van der Waals surface area contributed by atoms with Crippen molar-refractivity contribution in [3.63, 3.8) is 0 Å². The summed E-state index contributed by atoms with van der Waals surface area (Å²) in [4.78, 5) is 12.7. The van der Waals surface area contributed by atoms with E-state index in [1.54, 1.807) is 5.57 Å². The molecule has 0 heterocycles. The Balaban J connectivity index is 1.22. The van der Waals surface area contributed by atoms with Gasteiger partial charge in [0.05, 0.1) is 0 Å². The Kier molecular flexibility index (Phi) is 7.95. The predicted molar refractivity (Wildman–Crippen MR) is 153 cm³/mol. The highest BCUT2D eigenvalue weighted by molar-refractivity contribution is 5.72. The largest absolute Gasteiger partial charge is 0.427 e. The standard InChI is InChI=1S/C35H52O2/c1-24(2)10-9-11-25(3)30-16-17-31-29-15-14-27-22-26(23-33(36)37-28-12-7-6-8-13-28)18-20-34(27,4)32(29)19-21-35(30,31)5/h6-8,12-14,24-26,29-32H,9-11,15-23H2,1-5H3/t25-,26?,29?,30-,31?,32?,34+,35-/m1/s1. The number of rotatable bonds is 8. The summed E-state index contributed by atoms with van der Waals surface area (Å²) in [5.41, 5.74) is 2.58. The fourth-order valence-corrected chi connectivity index (χ4v) is 9.83. The van der Waals surface area contributed by atoms with Gasteiger partial charge >= 0.3 is 5.97 Å². The summed E-state index contributed by atoms with van der Waals surface area (Å²) in [5.74, 6) is 6.31. The van der Waals surface area contributed by atoms with Gasteiger partial charge in [-0.3, -0.25) is 4.79 Å². The third-order valence-electron chi connectivity index (χ3n) is 11.8. The number of para-hydroxylation sites is 1. The van der Waals surface area contributed by atoms with E-state index in [2.05, 4.69) is 40.7 Å². The van der Waals surface area contributed by atoms with E-state index in [-0.39, 0.29) is 5.97 Å². The average Bonchev–Trinajstić information content (AvgIpc) is 3.22. The van der Waals surface area contributed by atoms with Crippen LogP contribution in [0, 0.1) is 52.3 Å². The van der Waals surface area contributed by atoms with Gasteiger partial charge in [-0.1, -0.05) is 83.7 Å². The molecule has 0 bridgehead atoms. The van der Waals surface area contributed by atoms with Crippen LogP contribution in [0.25, 0.3) is 0 Å². The summed E-state index contributed by atoms with van der Waals surface area (Å²) in [6.07, 6.45) is 18.0. The van der Waals surface area contributed by atoms with Crippen LogP contribution in [-0.2, 0) is 4.79 Å². The van der Waals surface area contributed by atoms with E-state index in [0.717, 1.165) is 41.9 Å². The monoisotopic (exact) mass is 504 g/mol. The molecule has 4 aliphatic rings. The van der Waals surface area contributed by atoms with Crippen LogP contribution < -0.4 is 4.74 Å². The van der Waals surface area contributed by atoms with Crippen LogP contribution in [0.2, 0.25) is 0 Å². The second-order valence-corrected chi connectivity index (χ2v) is 14.4. The van der Waals surface area contributed by atoms with Gasteiger partial charge in [-0.15, -0.1) is 0 Å². The molecule has 1 aromatic carbocycles. The van der Waals surface area contributed by atoms with Gasteiger partial charge in [0.1, 0.15) is 5.75 Å². The first kappa shape index (κ1) is 27.0. The second-order valence-electron chi connectivity index (χ2n) is 14.4. The van der Waals surface area contributed by atoms with E-state index >= 15 is 0 Å². The molecule has 0 radical (unpaired) electrons. The van der Waals surface area contributed by atoms with Gasteiger partial charge in [-0.25, -0.2) is 0 Å². The minimum atomic E-state index is -0.0676. The second kappa shape index (κ2) is 10.9. The molecular formula is C35H52O2. The Morgan fingerprint density at radius 2 is 1.76 bits per heavy atom. The third-order valence-corrected chi connectivity index (χ3v) is 11.8. The highest BCUT2D eigenvalue weighted by atomic mass is 16.5. The summed E-state index contributed by atoms with van der Waals surface area (Å²) in [6, 6.07) is 9.55. The first-order chi connectivity index (χ1) is 17.7. The fourth-order valence-electron chi connectivity index (χ4n) is 9.83. The molecule has 4 aliphatic carbocycles. The predicted octanol–water partition coefficient (Wildman–Crippen LogP) is 9.64. The van der Waals surface area contributed by atoms with E-state index in [0.29, 0.717) is 28.9 Å². The molecule has 0 amide bonds. The lowest BCUT2D eigenvalue weighted by atomic mass is 9.46. The van der Waals surface area contributed by atoms with Gasteiger partial charge in [0.2, 0.25) is 0 Å². The third kappa shape index (κ3) is 5.33. The molecule has 0 N–H and O–H groups in total. The molecular weight excluding hydrogens is 452 g/mol. The van der Waals surface area contributed by atoms with Gasteiger partial charge in [0, 0.05) is 6.42 Å². The average molecular weight is 505 g/mol. The molecule has 3 fully saturated rings. The number of carbonyl (C=O) groups excluding carboxylic acids is 1. The molecule has 204 valence electrons. The van der Waals surface area contributed by atoms with Crippen molar-refractivity contribution in [2.24, 2.45) is 52.3 Å². The van der Waals surface area contributed by atoms with Crippen molar-refractivity contribution in [1.29, 1.82) is 0 Å². The van der Waals surface area contributed by atoms with Crippen molar-refractivity contribution >= 4 is 5.97 Å². The maximum absolute atomic E-state index is 12.7. The number of carbonyl (C=O) groups is 1. The number of hydrogen-bond donors (Lipinski definition) is 0. The number of ether oxygens (including phenoxy) is 1. The molecule has 4 unspecified atom stereocenters. The lowest BCUT2D eigenvalue weighted by Gasteiger charge is -2.58. The molecule has 3 saturated carbocycles. The van der Waals surface area contributed by atoms with Crippen molar-refractivity contribution in [2.75, 3.05) is 0 Å². The Morgan fingerprint density at radius 3 is 2.51 bits per heavy atom. The quantitative estimate of drug-likeness (QED) is 0.200. The summed E-state index contributed by atoms with van der Waals surface area (Å²) in [7, 11) is 0. The van der Waals surface area contributed by atoms with E-state index in [9.17, 15) is 4.79 Å². The van der Waals surface area contributed by atoms with Gasteiger partial charge < -0.3 is 4.74 Å². The number of hydrogen-bond acceptors (Lipinski definition) is 2. The van der Waals surface area contributed by atoms with Gasteiger partial charge in [-0.2, -0.15) is 0 Å². The number of fused-ring (bicyclic) bond motifs is 5. The van der Waals surface area contributed by atoms with Gasteiger partial charge in [0.15, 0.2) is 0 Å². The zero-order valence-electron chi connectivity index (χ0n) is 24.3. The zero-order chi connectivity index (χ0) is 26.2. The minimum Gasteiger partial charge on any atom is -0.427 e. The molecule has 8 atom stereocenters. The lowest BCUT2D eigenvalue weighted by molar-refractivity contribution is -0.135.